The number of nitrogens with zero attached hydrogens (tertiary/aromatic N) is 1. The average Bonchev–Trinajstić information content (AvgIpc) is 2.37. The van der Waals surface area contributed by atoms with Gasteiger partial charge in [-0.05, 0) is 25.8 Å². The number of aliphatic hydroxyl groups excluding tert-OH is 1. The Bertz CT molecular complexity index is 326. The molecule has 1 heterocycles. The van der Waals surface area contributed by atoms with Crippen LogP contribution in [0.3, 0.4) is 0 Å². The number of amides is 1. The highest BCUT2D eigenvalue weighted by Gasteiger charge is 2.34. The number of methoxy groups -OCH3 is 1. The van der Waals surface area contributed by atoms with Crippen LogP contribution >= 0.6 is 0 Å². The standard InChI is InChI=1S/C13H23F3N2O3/c1-21-8-11(19)4-5-17-12(20)10-3-2-6-18(7-10)9-13(14,15)16/h10-11,19H,2-9H2,1H3,(H,17,20). The number of hydrogen-bond donors (Lipinski definition) is 2. The molecule has 0 aromatic heterocycles. The van der Waals surface area contributed by atoms with Crippen LogP contribution in [0.5, 0.6) is 0 Å². The summed E-state index contributed by atoms with van der Waals surface area (Å²) in [7, 11) is 1.47. The van der Waals surface area contributed by atoms with Crippen LogP contribution in [0.1, 0.15) is 19.3 Å². The summed E-state index contributed by atoms with van der Waals surface area (Å²) in [5.74, 6) is -0.660. The van der Waals surface area contributed by atoms with Gasteiger partial charge in [0.1, 0.15) is 0 Å². The molecule has 2 unspecified atom stereocenters. The van der Waals surface area contributed by atoms with E-state index in [2.05, 4.69) is 5.32 Å². The zero-order chi connectivity index (χ0) is 15.9. The molecule has 1 aliphatic rings. The van der Waals surface area contributed by atoms with E-state index in [0.29, 0.717) is 32.4 Å². The van der Waals surface area contributed by atoms with Crippen LogP contribution in [0, 0.1) is 5.92 Å². The summed E-state index contributed by atoms with van der Waals surface area (Å²) in [6.45, 7) is 0.0168. The van der Waals surface area contributed by atoms with Gasteiger partial charge in [0.15, 0.2) is 0 Å². The molecular formula is C13H23F3N2O3. The molecule has 2 atom stereocenters. The van der Waals surface area contributed by atoms with Crippen LogP contribution in [0.2, 0.25) is 0 Å². The van der Waals surface area contributed by atoms with Gasteiger partial charge in [0.05, 0.1) is 25.2 Å². The third kappa shape index (κ3) is 7.63. The topological polar surface area (TPSA) is 61.8 Å². The van der Waals surface area contributed by atoms with Gasteiger partial charge in [-0.15, -0.1) is 0 Å². The zero-order valence-corrected chi connectivity index (χ0v) is 12.2. The van der Waals surface area contributed by atoms with Crippen LogP contribution in [0.4, 0.5) is 13.2 Å². The van der Waals surface area contributed by atoms with Crippen molar-refractivity contribution in [2.45, 2.75) is 31.5 Å². The monoisotopic (exact) mass is 312 g/mol. The molecule has 5 nitrogen and oxygen atoms in total. The number of piperidine rings is 1. The Hall–Kier alpha value is -0.860. The molecule has 8 heteroatoms. The van der Waals surface area contributed by atoms with Crippen molar-refractivity contribution in [3.8, 4) is 0 Å². The summed E-state index contributed by atoms with van der Waals surface area (Å²) < 4.78 is 41.8. The molecule has 0 aromatic carbocycles. The first-order chi connectivity index (χ1) is 9.81. The second-order valence-electron chi connectivity index (χ2n) is 5.38. The molecule has 0 bridgehead atoms. The van der Waals surface area contributed by atoms with E-state index in [1.54, 1.807) is 0 Å². The summed E-state index contributed by atoms with van der Waals surface area (Å²) in [5, 5.41) is 12.1. The van der Waals surface area contributed by atoms with E-state index >= 15 is 0 Å². The van der Waals surface area contributed by atoms with Crippen LogP contribution < -0.4 is 5.32 Å². The first-order valence-electron chi connectivity index (χ1n) is 7.05. The predicted molar refractivity (Wildman–Crippen MR) is 70.7 cm³/mol. The van der Waals surface area contributed by atoms with E-state index in [1.807, 2.05) is 0 Å². The molecule has 2 N–H and O–H groups in total. The zero-order valence-electron chi connectivity index (χ0n) is 12.2. The minimum absolute atomic E-state index is 0.131. The Labute approximate surface area is 122 Å². The highest BCUT2D eigenvalue weighted by Crippen LogP contribution is 2.22. The van der Waals surface area contributed by atoms with Crippen molar-refractivity contribution in [3.63, 3.8) is 0 Å². The SMILES string of the molecule is COCC(O)CCNC(=O)C1CCCN(CC(F)(F)F)C1. The largest absolute Gasteiger partial charge is 0.401 e. The lowest BCUT2D eigenvalue weighted by Gasteiger charge is -2.32. The van der Waals surface area contributed by atoms with Gasteiger partial charge < -0.3 is 15.2 Å². The number of nitrogens with one attached hydrogen (secondary N) is 1. The molecule has 1 saturated heterocycles. The summed E-state index contributed by atoms with van der Waals surface area (Å²) >= 11 is 0. The second kappa shape index (κ2) is 8.55. The van der Waals surface area contributed by atoms with E-state index < -0.39 is 24.7 Å². The summed E-state index contributed by atoms with van der Waals surface area (Å²) in [6, 6.07) is 0. The number of aliphatic hydroxyl groups is 1. The average molecular weight is 312 g/mol. The van der Waals surface area contributed by atoms with Crippen molar-refractivity contribution >= 4 is 5.91 Å². The molecule has 1 fully saturated rings. The normalized spacial score (nSPS) is 22.0. The van der Waals surface area contributed by atoms with Gasteiger partial charge in [-0.3, -0.25) is 9.69 Å². The lowest BCUT2D eigenvalue weighted by Crippen LogP contribution is -2.46. The molecule has 124 valence electrons. The molecular weight excluding hydrogens is 289 g/mol. The highest BCUT2D eigenvalue weighted by molar-refractivity contribution is 5.78. The second-order valence-corrected chi connectivity index (χ2v) is 5.38. The van der Waals surface area contributed by atoms with Gasteiger partial charge in [-0.25, -0.2) is 0 Å². The van der Waals surface area contributed by atoms with Crippen LogP contribution in [0.15, 0.2) is 0 Å². The number of carbonyl (C=O) groups is 1. The van der Waals surface area contributed by atoms with Gasteiger partial charge in [0, 0.05) is 20.2 Å². The van der Waals surface area contributed by atoms with Crippen molar-refractivity contribution < 1.29 is 27.8 Å². The predicted octanol–water partition coefficient (Wildman–Crippen LogP) is 0.774. The number of carbonyl (C=O) groups excluding carboxylic acids is 1. The maximum atomic E-state index is 12.4. The Balaban J connectivity index is 2.30. The molecule has 1 rings (SSSR count). The van der Waals surface area contributed by atoms with Gasteiger partial charge in [-0.1, -0.05) is 0 Å². The maximum absolute atomic E-state index is 12.4. The fourth-order valence-electron chi connectivity index (χ4n) is 2.45. The highest BCUT2D eigenvalue weighted by atomic mass is 19.4. The first kappa shape index (κ1) is 18.2. The Kier molecular flexibility index (Phi) is 7.41. The van der Waals surface area contributed by atoms with Crippen molar-refractivity contribution in [2.75, 3.05) is 39.9 Å². The lowest BCUT2D eigenvalue weighted by molar-refractivity contribution is -0.152. The number of halogens is 3. The lowest BCUT2D eigenvalue weighted by atomic mass is 9.97. The van der Waals surface area contributed by atoms with E-state index in [9.17, 15) is 23.1 Å². The van der Waals surface area contributed by atoms with Crippen molar-refractivity contribution in [2.24, 2.45) is 5.92 Å². The van der Waals surface area contributed by atoms with E-state index in [0.717, 1.165) is 0 Å². The number of ether oxygens (including phenoxy) is 1. The Morgan fingerprint density at radius 1 is 1.52 bits per heavy atom. The fourth-order valence-corrected chi connectivity index (χ4v) is 2.45. The summed E-state index contributed by atoms with van der Waals surface area (Å²) in [6.07, 6.45) is -3.34. The fraction of sp³-hybridized carbons (Fsp3) is 0.923. The molecule has 0 aromatic rings. The molecule has 0 spiro atoms. The van der Waals surface area contributed by atoms with Gasteiger partial charge in [0.2, 0.25) is 5.91 Å². The summed E-state index contributed by atoms with van der Waals surface area (Å²) in [4.78, 5) is 13.2. The summed E-state index contributed by atoms with van der Waals surface area (Å²) in [5.41, 5.74) is 0. The van der Waals surface area contributed by atoms with Crippen molar-refractivity contribution in [3.05, 3.63) is 0 Å². The van der Waals surface area contributed by atoms with E-state index in [-0.39, 0.29) is 19.1 Å². The van der Waals surface area contributed by atoms with Gasteiger partial charge in [-0.2, -0.15) is 13.2 Å². The quantitative estimate of drug-likeness (QED) is 0.729. The van der Waals surface area contributed by atoms with E-state index in [1.165, 1.54) is 12.0 Å². The van der Waals surface area contributed by atoms with Crippen LogP contribution in [-0.2, 0) is 9.53 Å². The molecule has 1 amide bonds. The number of likely N-dealkylation sites (tertiary alicyclic amines) is 1. The van der Waals surface area contributed by atoms with Crippen LogP contribution in [0.25, 0.3) is 0 Å². The Morgan fingerprint density at radius 3 is 2.86 bits per heavy atom. The van der Waals surface area contributed by atoms with E-state index in [4.69, 9.17) is 4.74 Å². The molecule has 1 aliphatic heterocycles. The molecule has 21 heavy (non-hydrogen) atoms. The van der Waals surface area contributed by atoms with Crippen LogP contribution in [-0.4, -0.2) is 68.1 Å². The molecule has 0 aliphatic carbocycles. The minimum Gasteiger partial charge on any atom is -0.391 e. The third-order valence-electron chi connectivity index (χ3n) is 3.42. The maximum Gasteiger partial charge on any atom is 0.401 e. The van der Waals surface area contributed by atoms with Gasteiger partial charge >= 0.3 is 6.18 Å². The number of alkyl halides is 3. The third-order valence-corrected chi connectivity index (χ3v) is 3.42. The first-order valence-corrected chi connectivity index (χ1v) is 7.05. The Morgan fingerprint density at radius 2 is 2.24 bits per heavy atom. The number of hydrogen-bond acceptors (Lipinski definition) is 4. The van der Waals surface area contributed by atoms with Gasteiger partial charge in [0.25, 0.3) is 0 Å². The molecule has 0 radical (unpaired) electrons. The number of rotatable bonds is 7. The minimum atomic E-state index is -4.23. The molecule has 0 saturated carbocycles. The van der Waals surface area contributed by atoms with Crippen molar-refractivity contribution in [1.29, 1.82) is 0 Å². The van der Waals surface area contributed by atoms with Crippen molar-refractivity contribution in [1.82, 2.24) is 10.2 Å². The smallest absolute Gasteiger partial charge is 0.391 e.